The molecule has 0 unspecified atom stereocenters. The van der Waals surface area contributed by atoms with Gasteiger partial charge in [0.25, 0.3) is 5.56 Å². The molecule has 1 atom stereocenters. The molecule has 0 saturated carbocycles. The quantitative estimate of drug-likeness (QED) is 0.154. The number of carbonyl (C=O) groups excluding carboxylic acids is 2. The Morgan fingerprint density at radius 2 is 1.82 bits per heavy atom. The number of hydrogen-bond acceptors (Lipinski definition) is 7. The average Bonchev–Trinajstić information content (AvgIpc) is 3.38. The minimum Gasteiger partial charge on any atom is -0.454 e. The molecule has 200 valence electrons. The number of fused-ring (bicyclic) bond motifs is 2. The number of halogens is 1. The molecule has 0 aliphatic carbocycles. The smallest absolute Gasteiger partial charge is 0.266 e. The lowest BCUT2D eigenvalue weighted by atomic mass is 9.98. The molecule has 0 fully saturated rings. The van der Waals surface area contributed by atoms with E-state index in [0.29, 0.717) is 55.4 Å². The van der Waals surface area contributed by atoms with Gasteiger partial charge in [0.15, 0.2) is 22.4 Å². The van der Waals surface area contributed by atoms with E-state index in [0.717, 1.165) is 18.2 Å². The first-order valence-electron chi connectivity index (χ1n) is 12.4. The number of hydrogen-bond donors (Lipinski definition) is 1. The fourth-order valence-electron chi connectivity index (χ4n) is 4.30. The zero-order chi connectivity index (χ0) is 27.7. The molecular weight excluding hydrogens is 538 g/mol. The first kappa shape index (κ1) is 26.8. The summed E-state index contributed by atoms with van der Waals surface area (Å²) in [7, 11) is 0. The molecule has 0 spiro atoms. The number of ketones is 1. The van der Waals surface area contributed by atoms with Crippen molar-refractivity contribution in [3.8, 4) is 17.2 Å². The first-order valence-corrected chi connectivity index (χ1v) is 13.8. The van der Waals surface area contributed by atoms with E-state index in [1.165, 1.54) is 17.1 Å². The van der Waals surface area contributed by atoms with Crippen LogP contribution < -0.4 is 20.3 Å². The summed E-state index contributed by atoms with van der Waals surface area (Å²) in [6, 6.07) is 15.9. The predicted molar refractivity (Wildman–Crippen MR) is 153 cm³/mol. The lowest BCUT2D eigenvalue weighted by Gasteiger charge is -2.15. The Balaban J connectivity index is 1.47. The molecule has 3 aromatic carbocycles. The summed E-state index contributed by atoms with van der Waals surface area (Å²) < 4.78 is 12.3. The predicted octanol–water partition coefficient (Wildman–Crippen LogP) is 6.21. The summed E-state index contributed by atoms with van der Waals surface area (Å²) >= 11 is 7.29. The first-order chi connectivity index (χ1) is 18.7. The number of nitrogens with zero attached hydrogens (tertiary/aromatic N) is 2. The Labute approximate surface area is 234 Å². The van der Waals surface area contributed by atoms with Crippen LogP contribution in [0, 0.1) is 0 Å². The highest BCUT2D eigenvalue weighted by Crippen LogP contribution is 2.37. The largest absolute Gasteiger partial charge is 0.454 e. The van der Waals surface area contributed by atoms with Gasteiger partial charge >= 0.3 is 0 Å². The van der Waals surface area contributed by atoms with Gasteiger partial charge in [0, 0.05) is 16.7 Å². The van der Waals surface area contributed by atoms with Gasteiger partial charge < -0.3 is 14.8 Å². The second kappa shape index (κ2) is 11.1. The van der Waals surface area contributed by atoms with Crippen LogP contribution in [0.2, 0.25) is 5.02 Å². The third-order valence-electron chi connectivity index (χ3n) is 6.63. The van der Waals surface area contributed by atoms with Gasteiger partial charge in [-0.3, -0.25) is 19.0 Å². The van der Waals surface area contributed by atoms with Gasteiger partial charge in [-0.15, -0.1) is 0 Å². The van der Waals surface area contributed by atoms with Crippen molar-refractivity contribution < 1.29 is 19.1 Å². The van der Waals surface area contributed by atoms with Crippen LogP contribution in [0.5, 0.6) is 11.5 Å². The molecule has 39 heavy (non-hydrogen) atoms. The number of amides is 1. The number of rotatable bonds is 8. The van der Waals surface area contributed by atoms with Gasteiger partial charge in [-0.25, -0.2) is 4.98 Å². The van der Waals surface area contributed by atoms with Gasteiger partial charge in [0.1, 0.15) is 0 Å². The topological polar surface area (TPSA) is 99.5 Å². The van der Waals surface area contributed by atoms with Gasteiger partial charge in [-0.1, -0.05) is 49.3 Å². The molecule has 0 radical (unpaired) electrons. The number of nitrogens with one attached hydrogen (secondary N) is 1. The van der Waals surface area contributed by atoms with E-state index < -0.39 is 0 Å². The molecule has 4 aromatic rings. The van der Waals surface area contributed by atoms with Crippen LogP contribution in [0.3, 0.4) is 0 Å². The number of Topliss-reactive ketones (excluding diaryl/α,β-unsaturated/α-hetero) is 1. The van der Waals surface area contributed by atoms with E-state index in [4.69, 9.17) is 21.1 Å². The molecule has 5 rings (SSSR count). The van der Waals surface area contributed by atoms with Gasteiger partial charge in [-0.2, -0.15) is 0 Å². The van der Waals surface area contributed by atoms with Crippen molar-refractivity contribution in [3.05, 3.63) is 81.1 Å². The third kappa shape index (κ3) is 5.51. The van der Waals surface area contributed by atoms with E-state index in [1.54, 1.807) is 30.3 Å². The zero-order valence-electron chi connectivity index (χ0n) is 21.6. The lowest BCUT2D eigenvalue weighted by molar-refractivity contribution is -0.113. The van der Waals surface area contributed by atoms with Crippen LogP contribution in [-0.2, 0) is 4.79 Å². The van der Waals surface area contributed by atoms with Crippen molar-refractivity contribution >= 4 is 51.6 Å². The molecule has 8 nitrogen and oxygen atoms in total. The lowest BCUT2D eigenvalue weighted by Crippen LogP contribution is -2.23. The molecule has 1 aliphatic heterocycles. The van der Waals surface area contributed by atoms with Crippen molar-refractivity contribution in [2.45, 2.75) is 38.3 Å². The number of carbonyl (C=O) groups is 2. The molecule has 0 saturated heterocycles. The molecule has 0 bridgehead atoms. The van der Waals surface area contributed by atoms with E-state index in [1.807, 2.05) is 24.3 Å². The van der Waals surface area contributed by atoms with E-state index >= 15 is 0 Å². The molecule has 1 N–H and O–H groups in total. The molecule has 1 aromatic heterocycles. The van der Waals surface area contributed by atoms with Gasteiger partial charge in [0.2, 0.25) is 12.7 Å². The molecule has 1 amide bonds. The number of thioether (sulfide) groups is 1. The Bertz CT molecular complexity index is 1650. The van der Waals surface area contributed by atoms with Gasteiger partial charge in [-0.05, 0) is 61.2 Å². The van der Waals surface area contributed by atoms with Gasteiger partial charge in [0.05, 0.1) is 28.0 Å². The monoisotopic (exact) mass is 563 g/mol. The number of aromatic nitrogens is 2. The Hall–Kier alpha value is -3.82. The van der Waals surface area contributed by atoms with Crippen LogP contribution in [0.15, 0.2) is 64.5 Å². The van der Waals surface area contributed by atoms with Crippen LogP contribution in [0.1, 0.15) is 49.0 Å². The van der Waals surface area contributed by atoms with E-state index in [9.17, 15) is 14.4 Å². The van der Waals surface area contributed by atoms with Crippen LogP contribution >= 0.6 is 23.4 Å². The highest BCUT2D eigenvalue weighted by atomic mass is 35.5. The van der Waals surface area contributed by atoms with Crippen molar-refractivity contribution in [1.29, 1.82) is 0 Å². The Morgan fingerprint density at radius 3 is 2.51 bits per heavy atom. The third-order valence-corrected chi connectivity index (χ3v) is 7.81. The second-order valence-corrected chi connectivity index (χ2v) is 10.6. The summed E-state index contributed by atoms with van der Waals surface area (Å²) in [5.74, 6) is 0.635. The fourth-order valence-corrected chi connectivity index (χ4v) is 5.28. The maximum absolute atomic E-state index is 13.6. The van der Waals surface area contributed by atoms with Crippen molar-refractivity contribution in [1.82, 2.24) is 9.55 Å². The van der Waals surface area contributed by atoms with Crippen molar-refractivity contribution in [3.63, 3.8) is 0 Å². The van der Waals surface area contributed by atoms with Crippen molar-refractivity contribution in [2.75, 3.05) is 17.9 Å². The minimum absolute atomic E-state index is 0.0491. The molecule has 2 heterocycles. The average molecular weight is 564 g/mol. The fraction of sp³-hybridized carbons (Fsp3) is 0.241. The van der Waals surface area contributed by atoms with Crippen molar-refractivity contribution in [2.24, 2.45) is 0 Å². The zero-order valence-corrected chi connectivity index (χ0v) is 23.2. The maximum atomic E-state index is 13.6. The highest BCUT2D eigenvalue weighted by molar-refractivity contribution is 7.99. The number of benzene rings is 3. The highest BCUT2D eigenvalue weighted by Gasteiger charge is 2.21. The Morgan fingerprint density at radius 1 is 1.10 bits per heavy atom. The molecule has 1 aliphatic rings. The molecular formula is C29H26ClN3O5S. The van der Waals surface area contributed by atoms with Crippen LogP contribution in [-0.4, -0.2) is 33.8 Å². The summed E-state index contributed by atoms with van der Waals surface area (Å²) in [5.41, 5.74) is 2.65. The second-order valence-electron chi connectivity index (χ2n) is 9.24. The Kier molecular flexibility index (Phi) is 7.63. The summed E-state index contributed by atoms with van der Waals surface area (Å²) in [5, 5.41) is 4.01. The van der Waals surface area contributed by atoms with Crippen LogP contribution in [0.25, 0.3) is 16.6 Å². The summed E-state index contributed by atoms with van der Waals surface area (Å²) in [6.45, 7) is 5.75. The number of ether oxygens (including phenoxy) is 2. The summed E-state index contributed by atoms with van der Waals surface area (Å²) in [4.78, 5) is 43.5. The van der Waals surface area contributed by atoms with E-state index in [2.05, 4.69) is 24.1 Å². The normalized spacial score (nSPS) is 12.9. The minimum atomic E-state index is -0.375. The SMILES string of the molecule is CC[C@@H](C)c1ccc(-n2c(SCC(=O)Nc3cc4c(cc3C(C)=O)OCO4)nc3cc(Cl)ccc3c2=O)cc1. The van der Waals surface area contributed by atoms with Crippen LogP contribution in [0.4, 0.5) is 5.69 Å². The maximum Gasteiger partial charge on any atom is 0.266 e. The summed E-state index contributed by atoms with van der Waals surface area (Å²) in [6.07, 6.45) is 1.00. The van der Waals surface area contributed by atoms with E-state index in [-0.39, 0.29) is 29.8 Å². The molecule has 10 heteroatoms. The standard InChI is InChI=1S/C29H26ClN3O5S/c1-4-16(2)18-5-8-20(9-6-18)33-28(36)21-10-7-19(30)11-23(21)32-29(33)39-14-27(35)31-24-13-26-25(37-15-38-26)12-22(24)17(3)34/h5-13,16H,4,14-15H2,1-3H3,(H,31,35)/t16-/m1/s1. The number of anilines is 1.